The summed E-state index contributed by atoms with van der Waals surface area (Å²) in [5, 5.41) is 17.9. The van der Waals surface area contributed by atoms with E-state index in [4.69, 9.17) is 26.8 Å². The molecule has 0 spiro atoms. The monoisotopic (exact) mass is 250 g/mol. The van der Waals surface area contributed by atoms with E-state index >= 15 is 0 Å². The molecule has 2 N–H and O–H groups in total. The van der Waals surface area contributed by atoms with E-state index in [1.54, 1.807) is 0 Å². The summed E-state index contributed by atoms with van der Waals surface area (Å²) in [5.74, 6) is -0.691. The van der Waals surface area contributed by atoms with Gasteiger partial charge in [-0.25, -0.2) is 4.79 Å². The average Bonchev–Trinajstić information content (AvgIpc) is 2.26. The van der Waals surface area contributed by atoms with Gasteiger partial charge in [-0.1, -0.05) is 13.3 Å². The van der Waals surface area contributed by atoms with Crippen molar-refractivity contribution in [1.82, 2.24) is 0 Å². The lowest BCUT2D eigenvalue weighted by Gasteiger charge is -2.11. The van der Waals surface area contributed by atoms with Crippen LogP contribution in [0.2, 0.25) is 0 Å². The number of thiocarbonyl (C=S) groups is 1. The Hall–Kier alpha value is -0.720. The fourth-order valence-electron chi connectivity index (χ4n) is 0.873. The van der Waals surface area contributed by atoms with Gasteiger partial charge in [-0.05, 0) is 18.6 Å². The molecule has 0 fully saturated rings. The minimum absolute atomic E-state index is 0.0659. The lowest BCUT2D eigenvalue weighted by atomic mass is 10.2. The van der Waals surface area contributed by atoms with Crippen molar-refractivity contribution in [1.29, 1.82) is 0 Å². The molecule has 0 amide bonds. The summed E-state index contributed by atoms with van der Waals surface area (Å²) in [7, 11) is 0. The maximum atomic E-state index is 11.2. The highest BCUT2D eigenvalue weighted by atomic mass is 32.1. The first-order chi connectivity index (χ1) is 7.61. The van der Waals surface area contributed by atoms with Gasteiger partial charge < -0.3 is 19.7 Å². The van der Waals surface area contributed by atoms with Gasteiger partial charge in [0.1, 0.15) is 6.61 Å². The zero-order valence-electron chi connectivity index (χ0n) is 9.35. The molecule has 0 aromatic rings. The molecule has 0 saturated carbocycles. The molecule has 0 aliphatic carbocycles. The summed E-state index contributed by atoms with van der Waals surface area (Å²) in [5.41, 5.74) is 0. The average molecular weight is 250 g/mol. The number of aliphatic hydroxyl groups excluding tert-OH is 2. The summed E-state index contributed by atoms with van der Waals surface area (Å²) in [6.07, 6.45) is 0.314. The third-order valence-corrected chi connectivity index (χ3v) is 2.01. The van der Waals surface area contributed by atoms with E-state index in [0.717, 1.165) is 12.8 Å². The van der Waals surface area contributed by atoms with Crippen LogP contribution in [0.15, 0.2) is 0 Å². The minimum atomic E-state index is -1.29. The van der Waals surface area contributed by atoms with Gasteiger partial charge in [-0.2, -0.15) is 0 Å². The summed E-state index contributed by atoms with van der Waals surface area (Å²) in [6, 6.07) is 0. The summed E-state index contributed by atoms with van der Waals surface area (Å²) < 4.78 is 9.65. The standard InChI is InChI=1S/C10H18O5S/c1-2-3-5-15-10(13)8(12)7-9(16)14-6-4-11/h8,11-12H,2-7H2,1H3. The van der Waals surface area contributed by atoms with Crippen molar-refractivity contribution >= 4 is 23.2 Å². The molecule has 5 nitrogen and oxygen atoms in total. The van der Waals surface area contributed by atoms with Crippen LogP contribution in [-0.2, 0) is 14.3 Å². The Morgan fingerprint density at radius 3 is 2.62 bits per heavy atom. The van der Waals surface area contributed by atoms with Crippen molar-refractivity contribution < 1.29 is 24.5 Å². The highest BCUT2D eigenvalue weighted by Crippen LogP contribution is 2.01. The predicted octanol–water partition coefficient (Wildman–Crippen LogP) is 0.417. The summed E-state index contributed by atoms with van der Waals surface area (Å²) in [4.78, 5) is 11.2. The van der Waals surface area contributed by atoms with Crippen molar-refractivity contribution in [3.05, 3.63) is 0 Å². The van der Waals surface area contributed by atoms with Gasteiger partial charge in [0.05, 0.1) is 19.6 Å². The molecule has 1 atom stereocenters. The van der Waals surface area contributed by atoms with Crippen LogP contribution < -0.4 is 0 Å². The molecule has 0 aliphatic rings. The van der Waals surface area contributed by atoms with Crippen molar-refractivity contribution in [2.45, 2.75) is 32.3 Å². The predicted molar refractivity (Wildman–Crippen MR) is 62.1 cm³/mol. The Morgan fingerprint density at radius 2 is 2.06 bits per heavy atom. The topological polar surface area (TPSA) is 76.0 Å². The van der Waals surface area contributed by atoms with E-state index in [2.05, 4.69) is 0 Å². The molecule has 94 valence electrons. The molecule has 0 bridgehead atoms. The van der Waals surface area contributed by atoms with Gasteiger partial charge in [0.2, 0.25) is 0 Å². The fourth-order valence-corrected chi connectivity index (χ4v) is 1.11. The lowest BCUT2D eigenvalue weighted by molar-refractivity contribution is -0.153. The van der Waals surface area contributed by atoms with E-state index in [9.17, 15) is 9.90 Å². The molecule has 1 unspecified atom stereocenters. The van der Waals surface area contributed by atoms with E-state index in [1.807, 2.05) is 6.92 Å². The Balaban J connectivity index is 3.73. The van der Waals surface area contributed by atoms with E-state index in [-0.39, 0.29) is 24.7 Å². The van der Waals surface area contributed by atoms with Crippen molar-refractivity contribution in [2.75, 3.05) is 19.8 Å². The second kappa shape index (κ2) is 9.50. The maximum Gasteiger partial charge on any atom is 0.335 e. The number of carbonyl (C=O) groups is 1. The second-order valence-electron chi connectivity index (χ2n) is 3.19. The van der Waals surface area contributed by atoms with E-state index in [1.165, 1.54) is 0 Å². The van der Waals surface area contributed by atoms with Gasteiger partial charge in [0.15, 0.2) is 11.2 Å². The van der Waals surface area contributed by atoms with Crippen LogP contribution in [-0.4, -0.2) is 47.2 Å². The first-order valence-electron chi connectivity index (χ1n) is 5.23. The molecule has 16 heavy (non-hydrogen) atoms. The SMILES string of the molecule is CCCCOC(=O)C(O)CC(=S)OCCO. The number of aliphatic hydroxyl groups is 2. The Labute approximate surface area is 100 Å². The van der Waals surface area contributed by atoms with Crippen LogP contribution in [0, 0.1) is 0 Å². The Morgan fingerprint density at radius 1 is 1.38 bits per heavy atom. The molecule has 0 aromatic heterocycles. The van der Waals surface area contributed by atoms with Gasteiger partial charge in [-0.3, -0.25) is 0 Å². The molecule has 0 aromatic carbocycles. The van der Waals surface area contributed by atoms with Crippen molar-refractivity contribution in [3.63, 3.8) is 0 Å². The molecule has 0 heterocycles. The third-order valence-electron chi connectivity index (χ3n) is 1.73. The number of rotatable bonds is 8. The first kappa shape index (κ1) is 15.3. The number of esters is 1. The van der Waals surface area contributed by atoms with E-state index in [0.29, 0.717) is 6.61 Å². The van der Waals surface area contributed by atoms with Crippen molar-refractivity contribution in [2.24, 2.45) is 0 Å². The van der Waals surface area contributed by atoms with Gasteiger partial charge in [0.25, 0.3) is 0 Å². The number of unbranched alkanes of at least 4 members (excludes halogenated alkanes) is 1. The number of ether oxygens (including phenoxy) is 2. The second-order valence-corrected chi connectivity index (χ2v) is 3.64. The van der Waals surface area contributed by atoms with Crippen LogP contribution in [0.25, 0.3) is 0 Å². The number of hydrogen-bond donors (Lipinski definition) is 2. The van der Waals surface area contributed by atoms with Crippen LogP contribution in [0.5, 0.6) is 0 Å². The zero-order valence-corrected chi connectivity index (χ0v) is 10.2. The van der Waals surface area contributed by atoms with Crippen molar-refractivity contribution in [3.8, 4) is 0 Å². The van der Waals surface area contributed by atoms with Crippen LogP contribution in [0.1, 0.15) is 26.2 Å². The Bertz CT molecular complexity index is 219. The molecule has 0 saturated heterocycles. The molecule has 0 aliphatic heterocycles. The van der Waals surface area contributed by atoms with Crippen LogP contribution >= 0.6 is 12.2 Å². The number of hydrogen-bond acceptors (Lipinski definition) is 6. The largest absolute Gasteiger partial charge is 0.485 e. The zero-order chi connectivity index (χ0) is 12.4. The fraction of sp³-hybridized carbons (Fsp3) is 0.800. The quantitative estimate of drug-likeness (QED) is 0.369. The highest BCUT2D eigenvalue weighted by Gasteiger charge is 2.18. The van der Waals surface area contributed by atoms with Crippen LogP contribution in [0.3, 0.4) is 0 Å². The first-order valence-corrected chi connectivity index (χ1v) is 5.63. The molecular formula is C10H18O5S. The van der Waals surface area contributed by atoms with Crippen LogP contribution in [0.4, 0.5) is 0 Å². The molecule has 6 heteroatoms. The summed E-state index contributed by atoms with van der Waals surface area (Å²) >= 11 is 4.75. The highest BCUT2D eigenvalue weighted by molar-refractivity contribution is 7.80. The molecule has 0 radical (unpaired) electrons. The Kier molecular flexibility index (Phi) is 9.07. The third kappa shape index (κ3) is 7.56. The van der Waals surface area contributed by atoms with Gasteiger partial charge in [-0.15, -0.1) is 0 Å². The maximum absolute atomic E-state index is 11.2. The minimum Gasteiger partial charge on any atom is -0.485 e. The molecular weight excluding hydrogens is 232 g/mol. The normalized spacial score (nSPS) is 11.9. The molecule has 0 rings (SSSR count). The van der Waals surface area contributed by atoms with Gasteiger partial charge >= 0.3 is 5.97 Å². The number of carbonyl (C=O) groups excluding carboxylic acids is 1. The van der Waals surface area contributed by atoms with Gasteiger partial charge in [0, 0.05) is 0 Å². The smallest absolute Gasteiger partial charge is 0.335 e. The lowest BCUT2D eigenvalue weighted by Crippen LogP contribution is -2.26. The summed E-state index contributed by atoms with van der Waals surface area (Å²) in [6.45, 7) is 2.19. The van der Waals surface area contributed by atoms with E-state index < -0.39 is 12.1 Å².